The minimum absolute atomic E-state index is 0.0665. The van der Waals surface area contributed by atoms with Crippen molar-refractivity contribution in [1.82, 2.24) is 14.9 Å². The second-order valence-corrected chi connectivity index (χ2v) is 10.7. The highest BCUT2D eigenvalue weighted by Gasteiger charge is 2.53. The molecule has 2 aromatic carbocycles. The van der Waals surface area contributed by atoms with Gasteiger partial charge in [-0.3, -0.25) is 4.79 Å². The highest BCUT2D eigenvalue weighted by Crippen LogP contribution is 2.39. The average Bonchev–Trinajstić information content (AvgIpc) is 3.16. The second kappa shape index (κ2) is 10.8. The van der Waals surface area contributed by atoms with E-state index in [4.69, 9.17) is 28.9 Å². The van der Waals surface area contributed by atoms with Gasteiger partial charge in [0.2, 0.25) is 11.9 Å². The molecule has 1 amide bonds. The number of alkyl halides is 6. The quantitative estimate of drug-likeness (QED) is 0.285. The maximum Gasteiger partial charge on any atom is 0.415 e. The second-order valence-electron chi connectivity index (χ2n) is 9.94. The van der Waals surface area contributed by atoms with E-state index >= 15 is 0 Å². The maximum absolute atomic E-state index is 13.3. The van der Waals surface area contributed by atoms with Gasteiger partial charge in [-0.25, -0.2) is 4.98 Å². The lowest BCUT2D eigenvalue weighted by atomic mass is 9.97. The molecule has 40 heavy (non-hydrogen) atoms. The van der Waals surface area contributed by atoms with Crippen LogP contribution in [0.1, 0.15) is 25.3 Å². The molecule has 2 unspecified atom stereocenters. The number of nitrogens with zero attached hydrogens (tertiary/aromatic N) is 3. The first-order valence-corrected chi connectivity index (χ1v) is 12.9. The van der Waals surface area contributed by atoms with Crippen LogP contribution in [0, 0.1) is 5.92 Å². The number of nitrogens with two attached hydrogens (primary N) is 1. The first kappa shape index (κ1) is 30.1. The monoisotopic (exact) mass is 610 g/mol. The van der Waals surface area contributed by atoms with Crippen LogP contribution < -0.4 is 21.3 Å². The number of halogens is 8. The summed E-state index contributed by atoms with van der Waals surface area (Å²) in [5, 5.41) is 5.77. The van der Waals surface area contributed by atoms with Gasteiger partial charge >= 0.3 is 12.4 Å². The van der Waals surface area contributed by atoms with Gasteiger partial charge in [0.15, 0.2) is 5.54 Å². The van der Waals surface area contributed by atoms with E-state index in [1.54, 1.807) is 28.6 Å². The molecule has 1 saturated heterocycles. The fourth-order valence-corrected chi connectivity index (χ4v) is 4.85. The Morgan fingerprint density at radius 1 is 1.12 bits per heavy atom. The van der Waals surface area contributed by atoms with Crippen LogP contribution in [0.2, 0.25) is 10.0 Å². The molecule has 2 atom stereocenters. The summed E-state index contributed by atoms with van der Waals surface area (Å²) in [6.07, 6.45) is -8.78. The number of imidazole rings is 1. The van der Waals surface area contributed by atoms with E-state index in [1.165, 1.54) is 18.2 Å². The van der Waals surface area contributed by atoms with E-state index in [0.29, 0.717) is 53.8 Å². The zero-order chi connectivity index (χ0) is 29.6. The Labute approximate surface area is 235 Å². The fourth-order valence-electron chi connectivity index (χ4n) is 4.41. The summed E-state index contributed by atoms with van der Waals surface area (Å²) in [6, 6.07) is 7.83. The van der Waals surface area contributed by atoms with E-state index < -0.39 is 29.7 Å². The number of hydrogen-bond donors (Lipinski definition) is 3. The highest BCUT2D eigenvalue weighted by atomic mass is 35.5. The lowest BCUT2D eigenvalue weighted by Gasteiger charge is -2.35. The standard InChI is InChI=1S/C25H26Cl2F6N6O/c1-23(34,25(31,32)33)21(40)35-11-13-5-6-15(26)17(8-13)36-22-37-18-9-16(27)19(10-20(18)38(22)2)39-7-3-4-14(12-39)24(28,29)30/h5-6,8-10,14H,3-4,7,11-12,34H2,1-2H3,(H,35,40)(H,36,37). The summed E-state index contributed by atoms with van der Waals surface area (Å²) < 4.78 is 80.8. The Hall–Kier alpha value is -2.90. The minimum atomic E-state index is -4.93. The number of benzene rings is 2. The number of carbonyl (C=O) groups excluding carboxylic acids is 1. The molecule has 7 nitrogen and oxygen atoms in total. The summed E-state index contributed by atoms with van der Waals surface area (Å²) in [7, 11) is 1.70. The van der Waals surface area contributed by atoms with Gasteiger partial charge in [-0.2, -0.15) is 26.3 Å². The van der Waals surface area contributed by atoms with Crippen LogP contribution in [0.5, 0.6) is 0 Å². The first-order chi connectivity index (χ1) is 18.5. The number of amides is 1. The Bertz CT molecular complexity index is 1420. The summed E-state index contributed by atoms with van der Waals surface area (Å²) in [6.45, 7) is 0.583. The van der Waals surface area contributed by atoms with Crippen molar-refractivity contribution < 1.29 is 31.1 Å². The third-order valence-corrected chi connectivity index (χ3v) is 7.60. The number of piperidine rings is 1. The third kappa shape index (κ3) is 6.06. The Morgan fingerprint density at radius 2 is 1.82 bits per heavy atom. The van der Waals surface area contributed by atoms with Crippen molar-refractivity contribution in [3.8, 4) is 0 Å². The zero-order valence-corrected chi connectivity index (χ0v) is 22.9. The maximum atomic E-state index is 13.3. The minimum Gasteiger partial charge on any atom is -0.370 e. The third-order valence-electron chi connectivity index (χ3n) is 6.97. The number of nitrogens with one attached hydrogen (secondary N) is 2. The van der Waals surface area contributed by atoms with Gasteiger partial charge in [0.1, 0.15) is 0 Å². The van der Waals surface area contributed by atoms with Gasteiger partial charge in [0.25, 0.3) is 0 Å². The summed E-state index contributed by atoms with van der Waals surface area (Å²) in [5.74, 6) is -2.50. The number of carbonyl (C=O) groups is 1. The summed E-state index contributed by atoms with van der Waals surface area (Å²) in [5.41, 5.74) is 4.45. The Morgan fingerprint density at radius 3 is 2.48 bits per heavy atom. The topological polar surface area (TPSA) is 88.2 Å². The molecule has 0 radical (unpaired) electrons. The molecule has 1 aliphatic heterocycles. The number of aromatic nitrogens is 2. The van der Waals surface area contributed by atoms with E-state index in [-0.39, 0.29) is 29.6 Å². The smallest absolute Gasteiger partial charge is 0.370 e. The molecule has 218 valence electrons. The van der Waals surface area contributed by atoms with Gasteiger partial charge in [0, 0.05) is 26.7 Å². The van der Waals surface area contributed by atoms with Crippen molar-refractivity contribution in [3.05, 3.63) is 45.9 Å². The molecule has 0 bridgehead atoms. The van der Waals surface area contributed by atoms with Gasteiger partial charge < -0.3 is 25.8 Å². The average molecular weight is 611 g/mol. The predicted octanol–water partition coefficient (Wildman–Crippen LogP) is 6.30. The van der Waals surface area contributed by atoms with Crippen LogP contribution in [0.3, 0.4) is 0 Å². The van der Waals surface area contributed by atoms with E-state index in [1.807, 2.05) is 0 Å². The molecule has 0 spiro atoms. The molecule has 4 rings (SSSR count). The van der Waals surface area contributed by atoms with Crippen molar-refractivity contribution in [2.45, 2.75) is 44.2 Å². The fraction of sp³-hybridized carbons (Fsp3) is 0.440. The van der Waals surface area contributed by atoms with Crippen LogP contribution in [-0.2, 0) is 18.4 Å². The molecule has 15 heteroatoms. The molecular formula is C25H26Cl2F6N6O. The van der Waals surface area contributed by atoms with Crippen molar-refractivity contribution in [1.29, 1.82) is 0 Å². The molecule has 0 aliphatic carbocycles. The number of aryl methyl sites for hydroxylation is 1. The molecule has 2 heterocycles. The predicted molar refractivity (Wildman–Crippen MR) is 142 cm³/mol. The van der Waals surface area contributed by atoms with Crippen molar-refractivity contribution in [3.63, 3.8) is 0 Å². The first-order valence-electron chi connectivity index (χ1n) is 12.2. The largest absolute Gasteiger partial charge is 0.415 e. The highest BCUT2D eigenvalue weighted by molar-refractivity contribution is 6.34. The van der Waals surface area contributed by atoms with E-state index in [0.717, 1.165) is 0 Å². The molecule has 0 saturated carbocycles. The van der Waals surface area contributed by atoms with Crippen molar-refractivity contribution >= 4 is 57.5 Å². The van der Waals surface area contributed by atoms with Crippen LogP contribution in [0.15, 0.2) is 30.3 Å². The van der Waals surface area contributed by atoms with E-state index in [9.17, 15) is 31.1 Å². The van der Waals surface area contributed by atoms with Crippen LogP contribution in [0.25, 0.3) is 11.0 Å². The van der Waals surface area contributed by atoms with Crippen molar-refractivity contribution in [2.75, 3.05) is 23.3 Å². The summed E-state index contributed by atoms with van der Waals surface area (Å²) in [4.78, 5) is 18.2. The van der Waals surface area contributed by atoms with Crippen LogP contribution in [0.4, 0.5) is 43.7 Å². The Kier molecular flexibility index (Phi) is 8.14. The number of anilines is 3. The van der Waals surface area contributed by atoms with Gasteiger partial charge in [-0.1, -0.05) is 29.3 Å². The molecular weight excluding hydrogens is 585 g/mol. The normalized spacial score (nSPS) is 18.1. The molecule has 3 aromatic rings. The summed E-state index contributed by atoms with van der Waals surface area (Å²) >= 11 is 12.8. The molecule has 1 aromatic heterocycles. The van der Waals surface area contributed by atoms with Gasteiger partial charge in [-0.15, -0.1) is 0 Å². The zero-order valence-electron chi connectivity index (χ0n) is 21.4. The van der Waals surface area contributed by atoms with Gasteiger partial charge in [0.05, 0.1) is 38.4 Å². The number of hydrogen-bond acceptors (Lipinski definition) is 5. The molecule has 1 fully saturated rings. The van der Waals surface area contributed by atoms with Gasteiger partial charge in [-0.05, 0) is 49.6 Å². The molecule has 4 N–H and O–H groups in total. The number of rotatable bonds is 6. The lowest BCUT2D eigenvalue weighted by Crippen LogP contribution is -2.61. The van der Waals surface area contributed by atoms with Crippen LogP contribution >= 0.6 is 23.2 Å². The lowest BCUT2D eigenvalue weighted by molar-refractivity contribution is -0.187. The van der Waals surface area contributed by atoms with E-state index in [2.05, 4.69) is 15.6 Å². The SMILES string of the molecule is Cn1c(Nc2cc(CNC(=O)C(C)(N)C(F)(F)F)ccc2Cl)nc2cc(Cl)c(N3CCCC(C(F)(F)F)C3)cc21. The molecule has 1 aliphatic rings. The van der Waals surface area contributed by atoms with Crippen molar-refractivity contribution in [2.24, 2.45) is 18.7 Å². The number of fused-ring (bicyclic) bond motifs is 1. The Balaban J connectivity index is 1.56. The van der Waals surface area contributed by atoms with Crippen LogP contribution in [-0.4, -0.2) is 46.4 Å².